The molecule has 1 fully saturated rings. The molecule has 0 radical (unpaired) electrons. The maximum absolute atomic E-state index is 11.2. The van der Waals surface area contributed by atoms with Gasteiger partial charge in [-0.2, -0.15) is 0 Å². The molecular formula is C12H14O2. The van der Waals surface area contributed by atoms with Crippen LogP contribution in [0.5, 0.6) is 0 Å². The van der Waals surface area contributed by atoms with Gasteiger partial charge in [-0.15, -0.1) is 0 Å². The van der Waals surface area contributed by atoms with E-state index in [4.69, 9.17) is 4.74 Å². The molecule has 2 atom stereocenters. The van der Waals surface area contributed by atoms with Gasteiger partial charge in [-0.3, -0.25) is 4.79 Å². The number of carbonyl (C=O) groups is 1. The van der Waals surface area contributed by atoms with Crippen molar-refractivity contribution in [1.29, 1.82) is 0 Å². The van der Waals surface area contributed by atoms with Crippen molar-refractivity contribution in [3.8, 4) is 0 Å². The lowest BCUT2D eigenvalue weighted by molar-refractivity contribution is -0.158. The lowest BCUT2D eigenvalue weighted by Crippen LogP contribution is -2.24. The summed E-state index contributed by atoms with van der Waals surface area (Å²) in [6.07, 6.45) is 1.44. The van der Waals surface area contributed by atoms with E-state index in [1.807, 2.05) is 30.3 Å². The van der Waals surface area contributed by atoms with E-state index in [-0.39, 0.29) is 12.1 Å². The summed E-state index contributed by atoms with van der Waals surface area (Å²) in [4.78, 5) is 11.2. The summed E-state index contributed by atoms with van der Waals surface area (Å²) in [5.41, 5.74) is 1.10. The second kappa shape index (κ2) is 3.82. The van der Waals surface area contributed by atoms with Gasteiger partial charge in [0.15, 0.2) is 0 Å². The average Bonchev–Trinajstić information content (AvgIpc) is 2.23. The Morgan fingerprint density at radius 1 is 1.29 bits per heavy atom. The first-order valence-electron chi connectivity index (χ1n) is 5.02. The molecule has 0 aromatic heterocycles. The van der Waals surface area contributed by atoms with E-state index < -0.39 is 0 Å². The molecule has 1 aromatic carbocycles. The number of hydrogen-bond acceptors (Lipinski definition) is 2. The van der Waals surface area contributed by atoms with Gasteiger partial charge >= 0.3 is 5.97 Å². The van der Waals surface area contributed by atoms with Crippen LogP contribution >= 0.6 is 0 Å². The van der Waals surface area contributed by atoms with E-state index in [0.29, 0.717) is 12.3 Å². The molecule has 0 bridgehead atoms. The Bertz CT molecular complexity index is 318. The summed E-state index contributed by atoms with van der Waals surface area (Å²) < 4.78 is 5.35. The van der Waals surface area contributed by atoms with Crippen LogP contribution in [0, 0.1) is 5.92 Å². The molecule has 0 unspecified atom stereocenters. The molecule has 1 aromatic rings. The molecule has 0 aliphatic carbocycles. The minimum absolute atomic E-state index is 0.0440. The van der Waals surface area contributed by atoms with Crippen molar-refractivity contribution in [2.24, 2.45) is 5.92 Å². The van der Waals surface area contributed by atoms with Crippen LogP contribution in [0.2, 0.25) is 0 Å². The van der Waals surface area contributed by atoms with Crippen LogP contribution in [0.3, 0.4) is 0 Å². The third kappa shape index (κ3) is 1.79. The Balaban J connectivity index is 2.20. The van der Waals surface area contributed by atoms with Crippen molar-refractivity contribution >= 4 is 5.97 Å². The quantitative estimate of drug-likeness (QED) is 0.636. The van der Waals surface area contributed by atoms with Crippen molar-refractivity contribution in [1.82, 2.24) is 0 Å². The minimum Gasteiger partial charge on any atom is -0.457 e. The number of carbonyl (C=O) groups excluding carboxylic acids is 1. The van der Waals surface area contributed by atoms with Crippen LogP contribution in [0.25, 0.3) is 0 Å². The molecule has 0 saturated carbocycles. The number of benzene rings is 1. The van der Waals surface area contributed by atoms with Gasteiger partial charge < -0.3 is 4.74 Å². The maximum atomic E-state index is 11.2. The van der Waals surface area contributed by atoms with Gasteiger partial charge in [0.1, 0.15) is 6.10 Å². The lowest BCUT2D eigenvalue weighted by Gasteiger charge is -2.28. The zero-order chi connectivity index (χ0) is 9.97. The molecule has 0 amide bonds. The summed E-state index contributed by atoms with van der Waals surface area (Å²) >= 11 is 0. The van der Waals surface area contributed by atoms with Crippen LogP contribution in [0.4, 0.5) is 0 Å². The van der Waals surface area contributed by atoms with Crippen molar-refractivity contribution in [2.75, 3.05) is 0 Å². The number of rotatable bonds is 1. The van der Waals surface area contributed by atoms with E-state index in [9.17, 15) is 4.79 Å². The predicted molar refractivity (Wildman–Crippen MR) is 53.7 cm³/mol. The SMILES string of the molecule is C[C@@H]1CCC(=O)O[C@H]1c1ccccc1. The minimum atomic E-state index is -0.0723. The molecule has 14 heavy (non-hydrogen) atoms. The molecule has 2 rings (SSSR count). The van der Waals surface area contributed by atoms with Crippen molar-refractivity contribution in [2.45, 2.75) is 25.9 Å². The molecule has 74 valence electrons. The zero-order valence-corrected chi connectivity index (χ0v) is 8.27. The lowest BCUT2D eigenvalue weighted by atomic mass is 9.91. The molecule has 1 aliphatic heterocycles. The number of hydrogen-bond donors (Lipinski definition) is 0. The molecule has 1 heterocycles. The normalized spacial score (nSPS) is 27.1. The van der Waals surface area contributed by atoms with E-state index in [2.05, 4.69) is 6.92 Å². The number of ether oxygens (including phenoxy) is 1. The fourth-order valence-electron chi connectivity index (χ4n) is 1.85. The fourth-order valence-corrected chi connectivity index (χ4v) is 1.85. The molecule has 1 saturated heterocycles. The van der Waals surface area contributed by atoms with E-state index in [1.165, 1.54) is 0 Å². The van der Waals surface area contributed by atoms with Gasteiger partial charge in [0.05, 0.1) is 0 Å². The van der Waals surface area contributed by atoms with Crippen LogP contribution in [-0.2, 0) is 9.53 Å². The Kier molecular flexibility index (Phi) is 2.53. The maximum Gasteiger partial charge on any atom is 0.306 e. The van der Waals surface area contributed by atoms with E-state index in [1.54, 1.807) is 0 Å². The third-order valence-electron chi connectivity index (χ3n) is 2.71. The van der Waals surface area contributed by atoms with Crippen LogP contribution < -0.4 is 0 Å². The van der Waals surface area contributed by atoms with Crippen LogP contribution in [0.1, 0.15) is 31.4 Å². The van der Waals surface area contributed by atoms with Crippen molar-refractivity contribution in [3.05, 3.63) is 35.9 Å². The van der Waals surface area contributed by atoms with Crippen molar-refractivity contribution in [3.63, 3.8) is 0 Å². The van der Waals surface area contributed by atoms with Crippen LogP contribution in [-0.4, -0.2) is 5.97 Å². The molecule has 2 heteroatoms. The smallest absolute Gasteiger partial charge is 0.306 e. The Morgan fingerprint density at radius 3 is 2.71 bits per heavy atom. The first-order chi connectivity index (χ1) is 6.77. The Morgan fingerprint density at radius 2 is 2.00 bits per heavy atom. The highest BCUT2D eigenvalue weighted by molar-refractivity contribution is 5.70. The fraction of sp³-hybridized carbons (Fsp3) is 0.417. The third-order valence-corrected chi connectivity index (χ3v) is 2.71. The highest BCUT2D eigenvalue weighted by Gasteiger charge is 2.28. The second-order valence-corrected chi connectivity index (χ2v) is 3.84. The van der Waals surface area contributed by atoms with Gasteiger partial charge in [0.2, 0.25) is 0 Å². The first kappa shape index (κ1) is 9.25. The molecule has 0 spiro atoms. The standard InChI is InChI=1S/C12H14O2/c1-9-7-8-11(13)14-12(9)10-5-3-2-4-6-10/h2-6,9,12H,7-8H2,1H3/t9-,12-/m1/s1. The van der Waals surface area contributed by atoms with Gasteiger partial charge in [0, 0.05) is 6.42 Å². The largest absolute Gasteiger partial charge is 0.457 e. The molecule has 1 aliphatic rings. The monoisotopic (exact) mass is 190 g/mol. The second-order valence-electron chi connectivity index (χ2n) is 3.84. The summed E-state index contributed by atoms with van der Waals surface area (Å²) in [5, 5.41) is 0. The van der Waals surface area contributed by atoms with Crippen molar-refractivity contribution < 1.29 is 9.53 Å². The van der Waals surface area contributed by atoms with Gasteiger partial charge in [-0.05, 0) is 17.9 Å². The number of esters is 1. The van der Waals surface area contributed by atoms with E-state index in [0.717, 1.165) is 12.0 Å². The summed E-state index contributed by atoms with van der Waals surface area (Å²) in [7, 11) is 0. The molecule has 2 nitrogen and oxygen atoms in total. The zero-order valence-electron chi connectivity index (χ0n) is 8.27. The highest BCUT2D eigenvalue weighted by Crippen LogP contribution is 2.33. The summed E-state index contributed by atoms with van der Waals surface area (Å²) in [5.74, 6) is 0.354. The summed E-state index contributed by atoms with van der Waals surface area (Å²) in [6.45, 7) is 2.13. The first-order valence-corrected chi connectivity index (χ1v) is 5.02. The Hall–Kier alpha value is -1.31. The van der Waals surface area contributed by atoms with E-state index >= 15 is 0 Å². The van der Waals surface area contributed by atoms with Gasteiger partial charge in [-0.25, -0.2) is 0 Å². The molecule has 0 N–H and O–H groups in total. The highest BCUT2D eigenvalue weighted by atomic mass is 16.5. The Labute approximate surface area is 83.9 Å². The number of cyclic esters (lactones) is 1. The van der Waals surface area contributed by atoms with Gasteiger partial charge in [0.25, 0.3) is 0 Å². The predicted octanol–water partition coefficient (Wildman–Crippen LogP) is 2.70. The summed E-state index contributed by atoms with van der Waals surface area (Å²) in [6, 6.07) is 9.95. The topological polar surface area (TPSA) is 26.3 Å². The molecular weight excluding hydrogens is 176 g/mol. The average molecular weight is 190 g/mol. The van der Waals surface area contributed by atoms with Gasteiger partial charge in [-0.1, -0.05) is 37.3 Å². The van der Waals surface area contributed by atoms with Crippen LogP contribution in [0.15, 0.2) is 30.3 Å².